The number of rotatable bonds is 5. The molecule has 0 fully saturated rings. The molecule has 1 heterocycles. The molecule has 0 aliphatic carbocycles. The Morgan fingerprint density at radius 1 is 1.57 bits per heavy atom. The molecule has 1 aliphatic heterocycles. The minimum absolute atomic E-state index is 0.106. The molecule has 21 heavy (non-hydrogen) atoms. The van der Waals surface area contributed by atoms with Gasteiger partial charge >= 0.3 is 5.97 Å². The summed E-state index contributed by atoms with van der Waals surface area (Å²) in [6, 6.07) is 0. The van der Waals surface area contributed by atoms with Gasteiger partial charge in [0.2, 0.25) is 0 Å². The van der Waals surface area contributed by atoms with Crippen LogP contribution in [0.15, 0.2) is 24.3 Å². The second-order valence-electron chi connectivity index (χ2n) is 5.03. The molecule has 0 amide bonds. The zero-order chi connectivity index (χ0) is 15.7. The van der Waals surface area contributed by atoms with Gasteiger partial charge in [-0.05, 0) is 25.3 Å². The lowest BCUT2D eigenvalue weighted by atomic mass is 10.0. The van der Waals surface area contributed by atoms with Gasteiger partial charge in [-0.2, -0.15) is 0 Å². The van der Waals surface area contributed by atoms with E-state index >= 15 is 0 Å². The van der Waals surface area contributed by atoms with Gasteiger partial charge in [0, 0.05) is 18.2 Å². The molecule has 0 N–H and O–H groups in total. The number of halogens is 1. The quantitative estimate of drug-likeness (QED) is 0.326. The molecule has 1 aliphatic rings. The summed E-state index contributed by atoms with van der Waals surface area (Å²) >= 11 is 3.67. The molecule has 0 bridgehead atoms. The van der Waals surface area contributed by atoms with Gasteiger partial charge in [0.05, 0.1) is 12.2 Å². The van der Waals surface area contributed by atoms with Gasteiger partial charge in [0.1, 0.15) is 6.10 Å². The van der Waals surface area contributed by atoms with Crippen LogP contribution in [0.2, 0.25) is 0 Å². The second kappa shape index (κ2) is 9.81. The van der Waals surface area contributed by atoms with Crippen molar-refractivity contribution in [2.45, 2.75) is 62.7 Å². The molecule has 1 rings (SSSR count). The van der Waals surface area contributed by atoms with Gasteiger partial charge in [-0.25, -0.2) is 0 Å². The Morgan fingerprint density at radius 2 is 2.29 bits per heavy atom. The summed E-state index contributed by atoms with van der Waals surface area (Å²) in [5, 5.41) is 0. The van der Waals surface area contributed by atoms with Crippen molar-refractivity contribution in [2.24, 2.45) is 0 Å². The molecule has 0 saturated heterocycles. The molecule has 3 nitrogen and oxygen atoms in total. The van der Waals surface area contributed by atoms with Crippen molar-refractivity contribution in [3.05, 3.63) is 24.3 Å². The van der Waals surface area contributed by atoms with E-state index in [4.69, 9.17) is 15.9 Å². The highest BCUT2D eigenvalue weighted by Gasteiger charge is 2.29. The monoisotopic (exact) mass is 354 g/mol. The number of hydrogen-bond acceptors (Lipinski definition) is 3. The lowest BCUT2D eigenvalue weighted by Crippen LogP contribution is -2.38. The molecule has 0 aromatic rings. The van der Waals surface area contributed by atoms with E-state index in [2.05, 4.69) is 40.9 Å². The Morgan fingerprint density at radius 3 is 2.90 bits per heavy atom. The Bertz CT molecular complexity index is 422. The summed E-state index contributed by atoms with van der Waals surface area (Å²) in [7, 11) is 0. The molecule has 0 spiro atoms. The number of alkyl halides is 1. The standard InChI is InChI=1S/C17H23BrO3/c1-4-6-7-11-16(20-13(3)19)17-12-9-8-10-14(18)15(5-2)21-17/h1,6-9,14-17H,5,10-12H2,2-3H3/b7-6+,9-8-/t14-,15-,16-,17-/m1/s1. The topological polar surface area (TPSA) is 35.5 Å². The lowest BCUT2D eigenvalue weighted by molar-refractivity contribution is -0.158. The van der Waals surface area contributed by atoms with Crippen LogP contribution < -0.4 is 0 Å². The van der Waals surface area contributed by atoms with Crippen LogP contribution in [0.3, 0.4) is 0 Å². The van der Waals surface area contributed by atoms with E-state index in [9.17, 15) is 4.79 Å². The van der Waals surface area contributed by atoms with E-state index in [1.807, 2.05) is 6.08 Å². The average Bonchev–Trinajstić information content (AvgIpc) is 2.43. The van der Waals surface area contributed by atoms with E-state index in [-0.39, 0.29) is 29.1 Å². The predicted octanol–water partition coefficient (Wildman–Crippen LogP) is 3.77. The number of ether oxygens (including phenoxy) is 2. The maximum atomic E-state index is 11.3. The third-order valence-electron chi connectivity index (χ3n) is 3.37. The van der Waals surface area contributed by atoms with E-state index in [0.717, 1.165) is 19.3 Å². The first-order chi connectivity index (χ1) is 10.1. The first kappa shape index (κ1) is 18.0. The summed E-state index contributed by atoms with van der Waals surface area (Å²) in [5.41, 5.74) is 0. The van der Waals surface area contributed by atoms with Crippen molar-refractivity contribution in [3.8, 4) is 12.3 Å². The third kappa shape index (κ3) is 6.50. The van der Waals surface area contributed by atoms with Crippen molar-refractivity contribution in [1.29, 1.82) is 0 Å². The minimum Gasteiger partial charge on any atom is -0.459 e. The molecule has 0 aromatic carbocycles. The molecule has 0 aromatic heterocycles. The number of carbonyl (C=O) groups is 1. The van der Waals surface area contributed by atoms with Crippen LogP contribution in [0.1, 0.15) is 39.5 Å². The fraction of sp³-hybridized carbons (Fsp3) is 0.588. The fourth-order valence-corrected chi connectivity index (χ4v) is 3.04. The summed E-state index contributed by atoms with van der Waals surface area (Å²) in [6.07, 6.45) is 15.7. The molecular weight excluding hydrogens is 332 g/mol. The van der Waals surface area contributed by atoms with Crippen LogP contribution >= 0.6 is 15.9 Å². The third-order valence-corrected chi connectivity index (χ3v) is 4.33. The van der Waals surface area contributed by atoms with E-state index < -0.39 is 0 Å². The smallest absolute Gasteiger partial charge is 0.303 e. The first-order valence-electron chi connectivity index (χ1n) is 7.31. The molecule has 4 atom stereocenters. The highest BCUT2D eigenvalue weighted by Crippen LogP contribution is 2.25. The van der Waals surface area contributed by atoms with E-state index in [0.29, 0.717) is 6.42 Å². The fourth-order valence-electron chi connectivity index (χ4n) is 2.32. The van der Waals surface area contributed by atoms with Crippen molar-refractivity contribution >= 4 is 21.9 Å². The Kier molecular flexibility index (Phi) is 8.41. The molecule has 0 unspecified atom stereocenters. The predicted molar refractivity (Wildman–Crippen MR) is 88.2 cm³/mol. The average molecular weight is 355 g/mol. The largest absolute Gasteiger partial charge is 0.459 e. The molecule has 116 valence electrons. The SMILES string of the molecule is C#C/C=C/C[C@@H](OC(C)=O)[C@H]1C/C=C\C[C@@H](Br)[C@@H](CC)O1. The number of esters is 1. The van der Waals surface area contributed by atoms with Crippen molar-refractivity contribution < 1.29 is 14.3 Å². The first-order valence-corrected chi connectivity index (χ1v) is 8.22. The summed E-state index contributed by atoms with van der Waals surface area (Å²) < 4.78 is 11.6. The summed E-state index contributed by atoms with van der Waals surface area (Å²) in [4.78, 5) is 11.6. The molecule has 4 heteroatoms. The second-order valence-corrected chi connectivity index (χ2v) is 6.21. The molecule has 0 saturated carbocycles. The van der Waals surface area contributed by atoms with Gasteiger partial charge in [0.15, 0.2) is 0 Å². The number of allylic oxidation sites excluding steroid dienone is 2. The van der Waals surface area contributed by atoms with Gasteiger partial charge in [0.25, 0.3) is 0 Å². The van der Waals surface area contributed by atoms with Crippen LogP contribution in [0.4, 0.5) is 0 Å². The molecule has 0 radical (unpaired) electrons. The van der Waals surface area contributed by atoms with Crippen LogP contribution in [0.5, 0.6) is 0 Å². The maximum absolute atomic E-state index is 11.3. The van der Waals surface area contributed by atoms with Crippen molar-refractivity contribution in [3.63, 3.8) is 0 Å². The van der Waals surface area contributed by atoms with Crippen LogP contribution in [0, 0.1) is 12.3 Å². The maximum Gasteiger partial charge on any atom is 0.303 e. The lowest BCUT2D eigenvalue weighted by Gasteiger charge is -2.32. The Labute approximate surface area is 135 Å². The van der Waals surface area contributed by atoms with Crippen molar-refractivity contribution in [1.82, 2.24) is 0 Å². The van der Waals surface area contributed by atoms with Crippen LogP contribution in [0.25, 0.3) is 0 Å². The normalized spacial score (nSPS) is 29.1. The number of terminal acetylenes is 1. The summed E-state index contributed by atoms with van der Waals surface area (Å²) in [5.74, 6) is 2.15. The van der Waals surface area contributed by atoms with Gasteiger partial charge in [-0.1, -0.05) is 47.0 Å². The highest BCUT2D eigenvalue weighted by molar-refractivity contribution is 9.09. The van der Waals surface area contributed by atoms with E-state index in [1.54, 1.807) is 6.08 Å². The Hall–Kier alpha value is -1.05. The zero-order valence-corrected chi connectivity index (χ0v) is 14.2. The Balaban J connectivity index is 2.83. The highest BCUT2D eigenvalue weighted by atomic mass is 79.9. The number of carbonyl (C=O) groups excluding carboxylic acids is 1. The minimum atomic E-state index is -0.316. The zero-order valence-electron chi connectivity index (χ0n) is 12.6. The van der Waals surface area contributed by atoms with Gasteiger partial charge in [-0.3, -0.25) is 4.79 Å². The summed E-state index contributed by atoms with van der Waals surface area (Å²) in [6.45, 7) is 3.52. The molecular formula is C17H23BrO3. The number of hydrogen-bond donors (Lipinski definition) is 0. The van der Waals surface area contributed by atoms with Gasteiger partial charge < -0.3 is 9.47 Å². The van der Waals surface area contributed by atoms with Crippen molar-refractivity contribution in [2.75, 3.05) is 0 Å². The van der Waals surface area contributed by atoms with Crippen LogP contribution in [-0.4, -0.2) is 29.1 Å². The van der Waals surface area contributed by atoms with Crippen LogP contribution in [-0.2, 0) is 14.3 Å². The van der Waals surface area contributed by atoms with E-state index in [1.165, 1.54) is 6.92 Å². The van der Waals surface area contributed by atoms with Gasteiger partial charge in [-0.15, -0.1) is 6.42 Å².